The molecule has 2 amide bonds. The molecule has 9 nitrogen and oxygen atoms in total. The zero-order valence-corrected chi connectivity index (χ0v) is 22.8. The topological polar surface area (TPSA) is 106 Å². The molecular weight excluding hydrogens is 474 g/mol. The molecule has 0 spiro atoms. The Balaban J connectivity index is 1.77. The van der Waals surface area contributed by atoms with Crippen LogP contribution in [0.3, 0.4) is 0 Å². The van der Waals surface area contributed by atoms with Crippen molar-refractivity contribution in [2.45, 2.75) is 71.6 Å². The molecule has 1 unspecified atom stereocenters. The third kappa shape index (κ3) is 6.45. The number of nitrogens with one attached hydrogen (secondary N) is 2. The van der Waals surface area contributed by atoms with Crippen LogP contribution in [0.4, 0.5) is 4.79 Å². The van der Waals surface area contributed by atoms with Crippen LogP contribution in [0.5, 0.6) is 5.75 Å². The van der Waals surface area contributed by atoms with Gasteiger partial charge in [0.15, 0.2) is 0 Å². The average molecular weight is 514 g/mol. The maximum atomic E-state index is 13.7. The number of para-hydroxylation sites is 1. The Morgan fingerprint density at radius 3 is 2.30 bits per heavy atom. The van der Waals surface area contributed by atoms with Crippen LogP contribution in [-0.4, -0.2) is 60.3 Å². The first kappa shape index (κ1) is 28.1. The van der Waals surface area contributed by atoms with Crippen molar-refractivity contribution in [1.29, 1.82) is 0 Å². The van der Waals surface area contributed by atoms with Crippen LogP contribution in [0.1, 0.15) is 64.7 Å². The van der Waals surface area contributed by atoms with Crippen molar-refractivity contribution >= 4 is 18.0 Å². The van der Waals surface area contributed by atoms with E-state index in [2.05, 4.69) is 10.6 Å². The number of esters is 1. The molecule has 202 valence electrons. The predicted molar refractivity (Wildman–Crippen MR) is 140 cm³/mol. The number of carbonyl (C=O) groups is 3. The lowest BCUT2D eigenvalue weighted by Crippen LogP contribution is -2.59. The minimum Gasteiger partial charge on any atom is -0.489 e. The SMILES string of the molecule is COC(=O)C1=CNC=CC1(NC(=O)c1ccccc1OC1CCN(C(=O)OC(C)(C)C)CC1)C(C)(C)C. The summed E-state index contributed by atoms with van der Waals surface area (Å²) in [4.78, 5) is 40.4. The molecule has 0 bridgehead atoms. The first-order chi connectivity index (χ1) is 17.3. The van der Waals surface area contributed by atoms with E-state index in [9.17, 15) is 14.4 Å². The average Bonchev–Trinajstić information content (AvgIpc) is 2.83. The summed E-state index contributed by atoms with van der Waals surface area (Å²) >= 11 is 0. The highest BCUT2D eigenvalue weighted by Crippen LogP contribution is 2.40. The number of rotatable bonds is 5. The largest absolute Gasteiger partial charge is 0.489 e. The van der Waals surface area contributed by atoms with E-state index in [0.717, 1.165) is 0 Å². The number of nitrogens with zero attached hydrogens (tertiary/aromatic N) is 1. The molecule has 1 aromatic rings. The molecule has 1 saturated heterocycles. The minimum atomic E-state index is -1.12. The summed E-state index contributed by atoms with van der Waals surface area (Å²) in [7, 11) is 1.31. The van der Waals surface area contributed by atoms with Gasteiger partial charge in [-0.3, -0.25) is 4.79 Å². The number of dihydropyridines is 1. The van der Waals surface area contributed by atoms with Gasteiger partial charge in [0.1, 0.15) is 17.5 Å². The zero-order valence-electron chi connectivity index (χ0n) is 22.8. The van der Waals surface area contributed by atoms with Gasteiger partial charge >= 0.3 is 12.1 Å². The van der Waals surface area contributed by atoms with Gasteiger partial charge in [0.05, 0.1) is 23.8 Å². The highest BCUT2D eigenvalue weighted by Gasteiger charge is 2.49. The van der Waals surface area contributed by atoms with Crippen molar-refractivity contribution < 1.29 is 28.6 Å². The summed E-state index contributed by atoms with van der Waals surface area (Å²) in [6.07, 6.45) is 5.76. The van der Waals surface area contributed by atoms with Crippen LogP contribution in [0, 0.1) is 5.41 Å². The maximum Gasteiger partial charge on any atom is 0.410 e. The fourth-order valence-corrected chi connectivity index (χ4v) is 4.45. The van der Waals surface area contributed by atoms with E-state index in [1.165, 1.54) is 7.11 Å². The molecule has 2 aliphatic heterocycles. The first-order valence-corrected chi connectivity index (χ1v) is 12.6. The molecule has 0 radical (unpaired) electrons. The van der Waals surface area contributed by atoms with Crippen molar-refractivity contribution in [3.05, 3.63) is 53.9 Å². The number of benzene rings is 1. The number of likely N-dealkylation sites (tertiary alicyclic amines) is 1. The van der Waals surface area contributed by atoms with E-state index in [-0.39, 0.29) is 18.1 Å². The second-order valence-electron chi connectivity index (χ2n) is 11.3. The number of hydrogen-bond donors (Lipinski definition) is 2. The van der Waals surface area contributed by atoms with Crippen LogP contribution in [-0.2, 0) is 14.3 Å². The molecule has 1 fully saturated rings. The number of carbonyl (C=O) groups excluding carboxylic acids is 3. The Morgan fingerprint density at radius 1 is 1.05 bits per heavy atom. The van der Waals surface area contributed by atoms with Crippen LogP contribution in [0.25, 0.3) is 0 Å². The molecule has 9 heteroatoms. The highest BCUT2D eigenvalue weighted by molar-refractivity contribution is 6.00. The molecule has 1 atom stereocenters. The molecule has 2 heterocycles. The van der Waals surface area contributed by atoms with Crippen LogP contribution >= 0.6 is 0 Å². The Bertz CT molecular complexity index is 1070. The lowest BCUT2D eigenvalue weighted by Gasteiger charge is -2.45. The monoisotopic (exact) mass is 513 g/mol. The smallest absolute Gasteiger partial charge is 0.410 e. The standard InChI is InChI=1S/C28H39N3O6/c1-26(2,3)28(14-15-29-18-21(28)24(33)35-7)30-23(32)20-10-8-9-11-22(20)36-19-12-16-31(17-13-19)25(34)37-27(4,5)6/h8-11,14-15,18-19,29H,12-13,16-17H2,1-7H3,(H,30,32). The Labute approximate surface area is 219 Å². The molecule has 37 heavy (non-hydrogen) atoms. The summed E-state index contributed by atoms with van der Waals surface area (Å²) in [6.45, 7) is 12.4. The van der Waals surface area contributed by atoms with Gasteiger partial charge in [0.2, 0.25) is 0 Å². The third-order valence-corrected chi connectivity index (χ3v) is 6.50. The van der Waals surface area contributed by atoms with Gasteiger partial charge in [-0.15, -0.1) is 0 Å². The van der Waals surface area contributed by atoms with Gasteiger partial charge in [-0.2, -0.15) is 0 Å². The van der Waals surface area contributed by atoms with E-state index >= 15 is 0 Å². The summed E-state index contributed by atoms with van der Waals surface area (Å²) < 4.78 is 16.7. The molecule has 1 aromatic carbocycles. The highest BCUT2D eigenvalue weighted by atomic mass is 16.6. The van der Waals surface area contributed by atoms with Gasteiger partial charge < -0.3 is 29.7 Å². The molecule has 0 saturated carbocycles. The van der Waals surface area contributed by atoms with Crippen molar-refractivity contribution in [3.8, 4) is 5.75 Å². The summed E-state index contributed by atoms with van der Waals surface area (Å²) in [5, 5.41) is 6.01. The van der Waals surface area contributed by atoms with Gasteiger partial charge in [-0.25, -0.2) is 9.59 Å². The van der Waals surface area contributed by atoms with Crippen molar-refractivity contribution in [2.24, 2.45) is 5.41 Å². The Kier molecular flexibility index (Phi) is 8.25. The lowest BCUT2D eigenvalue weighted by molar-refractivity contribution is -0.137. The second kappa shape index (κ2) is 10.9. The molecule has 2 aliphatic rings. The van der Waals surface area contributed by atoms with Crippen LogP contribution in [0.15, 0.2) is 48.3 Å². The quantitative estimate of drug-likeness (QED) is 0.570. The van der Waals surface area contributed by atoms with Crippen molar-refractivity contribution in [1.82, 2.24) is 15.5 Å². The molecular formula is C28H39N3O6. The zero-order chi connectivity index (χ0) is 27.4. The first-order valence-electron chi connectivity index (χ1n) is 12.6. The molecule has 3 rings (SSSR count). The fourth-order valence-electron chi connectivity index (χ4n) is 4.45. The Hall–Kier alpha value is -3.49. The van der Waals surface area contributed by atoms with Crippen molar-refractivity contribution in [3.63, 3.8) is 0 Å². The normalized spacial score (nSPS) is 20.4. The number of methoxy groups -OCH3 is 1. The summed E-state index contributed by atoms with van der Waals surface area (Å²) in [5.41, 5.74) is -1.57. The summed E-state index contributed by atoms with van der Waals surface area (Å²) in [5.74, 6) is -0.465. The number of hydrogen-bond acceptors (Lipinski definition) is 7. The number of ether oxygens (including phenoxy) is 3. The van der Waals surface area contributed by atoms with E-state index in [1.807, 2.05) is 47.6 Å². The maximum absolute atomic E-state index is 13.7. The van der Waals surface area contributed by atoms with Gasteiger partial charge in [0, 0.05) is 32.1 Å². The molecule has 2 N–H and O–H groups in total. The van der Waals surface area contributed by atoms with E-state index < -0.39 is 22.5 Å². The molecule has 0 aromatic heterocycles. The van der Waals surface area contributed by atoms with Gasteiger partial charge in [0.25, 0.3) is 5.91 Å². The van der Waals surface area contributed by atoms with Crippen LogP contribution in [0.2, 0.25) is 0 Å². The van der Waals surface area contributed by atoms with Crippen molar-refractivity contribution in [2.75, 3.05) is 20.2 Å². The minimum absolute atomic E-state index is 0.159. The van der Waals surface area contributed by atoms with E-state index in [4.69, 9.17) is 14.2 Å². The third-order valence-electron chi connectivity index (χ3n) is 6.50. The number of piperidine rings is 1. The van der Waals surface area contributed by atoms with Gasteiger partial charge in [-0.1, -0.05) is 32.9 Å². The second-order valence-corrected chi connectivity index (χ2v) is 11.3. The fraction of sp³-hybridized carbons (Fsp3) is 0.536. The summed E-state index contributed by atoms with van der Waals surface area (Å²) in [6, 6.07) is 7.04. The number of amides is 2. The van der Waals surface area contributed by atoms with Crippen LogP contribution < -0.4 is 15.4 Å². The molecule has 0 aliphatic carbocycles. The van der Waals surface area contributed by atoms with E-state index in [1.54, 1.807) is 41.6 Å². The lowest BCUT2D eigenvalue weighted by atomic mass is 9.68. The predicted octanol–water partition coefficient (Wildman–Crippen LogP) is 4.15. The van der Waals surface area contributed by atoms with Gasteiger partial charge in [-0.05, 0) is 50.6 Å². The van der Waals surface area contributed by atoms with E-state index in [0.29, 0.717) is 42.8 Å². The Morgan fingerprint density at radius 2 is 1.70 bits per heavy atom.